The highest BCUT2D eigenvalue weighted by atomic mass is 16.4. The maximum Gasteiger partial charge on any atom is 0.314 e. The van der Waals surface area contributed by atoms with Crippen molar-refractivity contribution in [3.63, 3.8) is 0 Å². The number of nitrogens with two attached hydrogens (primary N) is 1. The van der Waals surface area contributed by atoms with E-state index < -0.39 is 11.4 Å². The molecule has 1 saturated carbocycles. The van der Waals surface area contributed by atoms with E-state index in [1.165, 1.54) is 5.56 Å². The molecule has 0 amide bonds. The third-order valence-electron chi connectivity index (χ3n) is 3.55. The lowest BCUT2D eigenvalue weighted by Gasteiger charge is -2.43. The first kappa shape index (κ1) is 11.1. The first-order chi connectivity index (χ1) is 7.58. The van der Waals surface area contributed by atoms with E-state index in [1.807, 2.05) is 24.3 Å². The second kappa shape index (κ2) is 3.91. The summed E-state index contributed by atoms with van der Waals surface area (Å²) < 4.78 is 0. The van der Waals surface area contributed by atoms with E-state index in [0.29, 0.717) is 12.8 Å². The van der Waals surface area contributed by atoms with E-state index in [0.717, 1.165) is 12.0 Å². The summed E-state index contributed by atoms with van der Waals surface area (Å²) in [5.74, 6) is -0.751. The molecule has 0 aromatic heterocycles. The lowest BCUT2D eigenvalue weighted by molar-refractivity contribution is -0.148. The van der Waals surface area contributed by atoms with Crippen LogP contribution in [0.4, 0.5) is 0 Å². The fraction of sp³-hybridized carbons (Fsp3) is 0.462. The van der Waals surface area contributed by atoms with E-state index in [4.69, 9.17) is 5.73 Å². The quantitative estimate of drug-likeness (QED) is 0.813. The maximum absolute atomic E-state index is 11.3. The number of carboxylic acid groups (broad SMARTS) is 1. The van der Waals surface area contributed by atoms with Gasteiger partial charge in [0.1, 0.15) is 0 Å². The molecule has 1 fully saturated rings. The molecule has 0 spiro atoms. The van der Waals surface area contributed by atoms with Gasteiger partial charge < -0.3 is 10.8 Å². The van der Waals surface area contributed by atoms with Crippen LogP contribution in [0.25, 0.3) is 0 Å². The molecular weight excluding hydrogens is 202 g/mol. The SMILES string of the molecule is CCc1ccc(C2(C(=O)O)CC(N)C2)cc1. The molecule has 86 valence electrons. The Labute approximate surface area is 95.3 Å². The van der Waals surface area contributed by atoms with Gasteiger partial charge in [0, 0.05) is 6.04 Å². The highest BCUT2D eigenvalue weighted by Crippen LogP contribution is 2.43. The molecule has 2 rings (SSSR count). The molecule has 3 nitrogen and oxygen atoms in total. The van der Waals surface area contributed by atoms with Gasteiger partial charge in [-0.1, -0.05) is 31.2 Å². The predicted molar refractivity (Wildman–Crippen MR) is 62.3 cm³/mol. The Bertz CT molecular complexity index is 391. The van der Waals surface area contributed by atoms with Crippen molar-refractivity contribution in [2.24, 2.45) is 5.73 Å². The summed E-state index contributed by atoms with van der Waals surface area (Å²) in [7, 11) is 0. The molecule has 0 radical (unpaired) electrons. The second-order valence-corrected chi connectivity index (χ2v) is 4.61. The smallest absolute Gasteiger partial charge is 0.314 e. The first-order valence-corrected chi connectivity index (χ1v) is 5.67. The number of hydrogen-bond donors (Lipinski definition) is 2. The van der Waals surface area contributed by atoms with Crippen molar-refractivity contribution in [1.82, 2.24) is 0 Å². The van der Waals surface area contributed by atoms with Gasteiger partial charge in [-0.05, 0) is 30.4 Å². The fourth-order valence-corrected chi connectivity index (χ4v) is 2.43. The number of rotatable bonds is 3. The summed E-state index contributed by atoms with van der Waals surface area (Å²) in [5.41, 5.74) is 7.11. The van der Waals surface area contributed by atoms with Gasteiger partial charge in [-0.25, -0.2) is 0 Å². The van der Waals surface area contributed by atoms with Crippen molar-refractivity contribution in [3.8, 4) is 0 Å². The van der Waals surface area contributed by atoms with Gasteiger partial charge in [-0.15, -0.1) is 0 Å². The molecule has 1 aliphatic rings. The molecule has 0 aliphatic heterocycles. The lowest BCUT2D eigenvalue weighted by atomic mass is 9.62. The zero-order valence-electron chi connectivity index (χ0n) is 9.44. The molecule has 0 saturated heterocycles. The van der Waals surface area contributed by atoms with E-state index >= 15 is 0 Å². The van der Waals surface area contributed by atoms with E-state index in [9.17, 15) is 9.90 Å². The zero-order chi connectivity index (χ0) is 11.8. The topological polar surface area (TPSA) is 63.3 Å². The van der Waals surface area contributed by atoms with Gasteiger partial charge in [0.05, 0.1) is 5.41 Å². The summed E-state index contributed by atoms with van der Waals surface area (Å²) in [5, 5.41) is 9.33. The van der Waals surface area contributed by atoms with E-state index in [-0.39, 0.29) is 6.04 Å². The third kappa shape index (κ3) is 1.61. The molecule has 3 N–H and O–H groups in total. The Balaban J connectivity index is 2.30. The van der Waals surface area contributed by atoms with Crippen LogP contribution >= 0.6 is 0 Å². The molecule has 3 heteroatoms. The van der Waals surface area contributed by atoms with Crippen molar-refractivity contribution in [1.29, 1.82) is 0 Å². The van der Waals surface area contributed by atoms with E-state index in [2.05, 4.69) is 6.92 Å². The van der Waals surface area contributed by atoms with Gasteiger partial charge in [-0.3, -0.25) is 4.79 Å². The number of carboxylic acids is 1. The number of hydrogen-bond acceptors (Lipinski definition) is 2. The monoisotopic (exact) mass is 219 g/mol. The number of benzene rings is 1. The minimum Gasteiger partial charge on any atom is -0.481 e. The molecule has 1 aliphatic carbocycles. The van der Waals surface area contributed by atoms with Crippen molar-refractivity contribution < 1.29 is 9.90 Å². The van der Waals surface area contributed by atoms with Gasteiger partial charge in [-0.2, -0.15) is 0 Å². The van der Waals surface area contributed by atoms with Crippen LogP contribution in [0.2, 0.25) is 0 Å². The number of carbonyl (C=O) groups is 1. The molecule has 1 aromatic rings. The summed E-state index contributed by atoms with van der Waals surface area (Å²) in [6.45, 7) is 2.08. The highest BCUT2D eigenvalue weighted by Gasteiger charge is 2.50. The first-order valence-electron chi connectivity index (χ1n) is 5.67. The van der Waals surface area contributed by atoms with Crippen LogP contribution in [0.5, 0.6) is 0 Å². The summed E-state index contributed by atoms with van der Waals surface area (Å²) in [6.07, 6.45) is 2.07. The maximum atomic E-state index is 11.3. The molecular formula is C13H17NO2. The Kier molecular flexibility index (Phi) is 2.72. The number of aliphatic carboxylic acids is 1. The van der Waals surface area contributed by atoms with Crippen LogP contribution in [0.1, 0.15) is 30.9 Å². The molecule has 0 bridgehead atoms. The summed E-state index contributed by atoms with van der Waals surface area (Å²) in [4.78, 5) is 11.3. The normalized spacial score (nSPS) is 28.5. The van der Waals surface area contributed by atoms with Crippen LogP contribution in [-0.2, 0) is 16.6 Å². The Morgan fingerprint density at radius 3 is 2.38 bits per heavy atom. The van der Waals surface area contributed by atoms with Crippen LogP contribution in [0, 0.1) is 0 Å². The molecule has 0 heterocycles. The van der Waals surface area contributed by atoms with Gasteiger partial charge in [0.25, 0.3) is 0 Å². The second-order valence-electron chi connectivity index (χ2n) is 4.61. The van der Waals surface area contributed by atoms with Crippen LogP contribution < -0.4 is 5.73 Å². The number of aryl methyl sites for hydroxylation is 1. The van der Waals surface area contributed by atoms with Gasteiger partial charge in [0.2, 0.25) is 0 Å². The molecule has 16 heavy (non-hydrogen) atoms. The van der Waals surface area contributed by atoms with Crippen LogP contribution in [-0.4, -0.2) is 17.1 Å². The van der Waals surface area contributed by atoms with Gasteiger partial charge >= 0.3 is 5.97 Å². The lowest BCUT2D eigenvalue weighted by Crippen LogP contribution is -2.54. The van der Waals surface area contributed by atoms with Crippen molar-refractivity contribution in [2.75, 3.05) is 0 Å². The molecule has 0 atom stereocenters. The summed E-state index contributed by atoms with van der Waals surface area (Å²) >= 11 is 0. The fourth-order valence-electron chi connectivity index (χ4n) is 2.43. The predicted octanol–water partition coefficient (Wildman–Crippen LogP) is 1.69. The standard InChI is InChI=1S/C13H17NO2/c1-2-9-3-5-10(6-4-9)13(12(15)16)7-11(14)8-13/h3-6,11H,2,7-8,14H2,1H3,(H,15,16). The molecule has 1 aromatic carbocycles. The average Bonchev–Trinajstić information content (AvgIpc) is 2.24. The van der Waals surface area contributed by atoms with Crippen LogP contribution in [0.3, 0.4) is 0 Å². The zero-order valence-corrected chi connectivity index (χ0v) is 9.44. The van der Waals surface area contributed by atoms with Gasteiger partial charge in [0.15, 0.2) is 0 Å². The largest absolute Gasteiger partial charge is 0.481 e. The Hall–Kier alpha value is -1.35. The Morgan fingerprint density at radius 1 is 1.44 bits per heavy atom. The van der Waals surface area contributed by atoms with E-state index in [1.54, 1.807) is 0 Å². The third-order valence-corrected chi connectivity index (χ3v) is 3.55. The molecule has 0 unspecified atom stereocenters. The highest BCUT2D eigenvalue weighted by molar-refractivity contribution is 5.83. The van der Waals surface area contributed by atoms with Crippen molar-refractivity contribution in [2.45, 2.75) is 37.6 Å². The minimum atomic E-state index is -0.751. The summed E-state index contributed by atoms with van der Waals surface area (Å²) in [6, 6.07) is 7.90. The average molecular weight is 219 g/mol. The minimum absolute atomic E-state index is 0.0296. The Morgan fingerprint density at radius 2 is 2.00 bits per heavy atom. The van der Waals surface area contributed by atoms with Crippen molar-refractivity contribution in [3.05, 3.63) is 35.4 Å². The van der Waals surface area contributed by atoms with Crippen molar-refractivity contribution >= 4 is 5.97 Å². The van der Waals surface area contributed by atoms with Crippen LogP contribution in [0.15, 0.2) is 24.3 Å².